The van der Waals surface area contributed by atoms with Crippen LogP contribution in [-0.4, -0.2) is 36.7 Å². The minimum Gasteiger partial charge on any atom is -0.378 e. The van der Waals surface area contributed by atoms with E-state index in [0.29, 0.717) is 12.1 Å². The maximum atomic E-state index is 6.45. The van der Waals surface area contributed by atoms with Crippen molar-refractivity contribution in [2.45, 2.75) is 51.7 Å². The van der Waals surface area contributed by atoms with Crippen LogP contribution in [0.4, 0.5) is 0 Å². The van der Waals surface area contributed by atoms with Crippen molar-refractivity contribution in [3.05, 3.63) is 35.4 Å². The third kappa shape index (κ3) is 3.40. The normalized spacial score (nSPS) is 23.5. The van der Waals surface area contributed by atoms with Crippen molar-refractivity contribution in [2.75, 3.05) is 19.8 Å². The van der Waals surface area contributed by atoms with Crippen LogP contribution >= 0.6 is 0 Å². The Morgan fingerprint density at radius 1 is 1.30 bits per heavy atom. The summed E-state index contributed by atoms with van der Waals surface area (Å²) in [4.78, 5) is 2.56. The van der Waals surface area contributed by atoms with Crippen LogP contribution in [-0.2, 0) is 4.74 Å². The van der Waals surface area contributed by atoms with Crippen molar-refractivity contribution in [1.29, 1.82) is 0 Å². The standard InChI is InChI=1S/C17H28N2O/c1-4-15-12-20-11-10-19(15)17(16(18)5-2)14-8-6-13(3)7-9-14/h6-9,15-17H,4-5,10-12,18H2,1-3H3. The summed E-state index contributed by atoms with van der Waals surface area (Å²) in [6, 6.07) is 9.79. The highest BCUT2D eigenvalue weighted by molar-refractivity contribution is 5.25. The molecule has 0 radical (unpaired) electrons. The van der Waals surface area contributed by atoms with Gasteiger partial charge in [0.25, 0.3) is 0 Å². The number of hydrogen-bond acceptors (Lipinski definition) is 3. The number of benzene rings is 1. The van der Waals surface area contributed by atoms with Crippen molar-refractivity contribution in [3.63, 3.8) is 0 Å². The molecular formula is C17H28N2O. The lowest BCUT2D eigenvalue weighted by Gasteiger charge is -2.43. The second-order valence-corrected chi connectivity index (χ2v) is 5.80. The van der Waals surface area contributed by atoms with Crippen LogP contribution in [0.25, 0.3) is 0 Å². The van der Waals surface area contributed by atoms with Gasteiger partial charge in [-0.3, -0.25) is 4.90 Å². The largest absolute Gasteiger partial charge is 0.378 e. The molecule has 1 aromatic rings. The minimum absolute atomic E-state index is 0.171. The molecule has 2 N–H and O–H groups in total. The van der Waals surface area contributed by atoms with E-state index in [9.17, 15) is 0 Å². The lowest BCUT2D eigenvalue weighted by molar-refractivity contribution is -0.0362. The van der Waals surface area contributed by atoms with E-state index in [1.54, 1.807) is 0 Å². The molecule has 3 nitrogen and oxygen atoms in total. The molecule has 1 aliphatic heterocycles. The zero-order chi connectivity index (χ0) is 14.5. The maximum absolute atomic E-state index is 6.45. The molecule has 0 aromatic heterocycles. The Morgan fingerprint density at radius 2 is 2.00 bits per heavy atom. The molecule has 1 heterocycles. The molecule has 0 saturated carbocycles. The number of ether oxygens (including phenoxy) is 1. The number of nitrogens with zero attached hydrogens (tertiary/aromatic N) is 1. The van der Waals surface area contributed by atoms with E-state index in [1.807, 2.05) is 0 Å². The smallest absolute Gasteiger partial charge is 0.0622 e. The number of aryl methyl sites for hydroxylation is 1. The Morgan fingerprint density at radius 3 is 2.60 bits per heavy atom. The molecule has 0 amide bonds. The molecule has 3 atom stereocenters. The first-order valence-electron chi connectivity index (χ1n) is 7.83. The van der Waals surface area contributed by atoms with Crippen molar-refractivity contribution in [2.24, 2.45) is 5.73 Å². The number of nitrogens with two attached hydrogens (primary N) is 1. The van der Waals surface area contributed by atoms with E-state index in [1.165, 1.54) is 11.1 Å². The summed E-state index contributed by atoms with van der Waals surface area (Å²) >= 11 is 0. The van der Waals surface area contributed by atoms with Crippen LogP contribution in [0.3, 0.4) is 0 Å². The van der Waals surface area contributed by atoms with Crippen molar-refractivity contribution in [3.8, 4) is 0 Å². The van der Waals surface area contributed by atoms with Gasteiger partial charge in [-0.1, -0.05) is 43.7 Å². The van der Waals surface area contributed by atoms with Gasteiger partial charge in [0.2, 0.25) is 0 Å². The summed E-state index contributed by atoms with van der Waals surface area (Å²) in [6.07, 6.45) is 2.10. The summed E-state index contributed by atoms with van der Waals surface area (Å²) in [5.41, 5.74) is 9.09. The highest BCUT2D eigenvalue weighted by atomic mass is 16.5. The van der Waals surface area contributed by atoms with Gasteiger partial charge >= 0.3 is 0 Å². The predicted molar refractivity (Wildman–Crippen MR) is 83.8 cm³/mol. The van der Waals surface area contributed by atoms with Crippen LogP contribution in [0.1, 0.15) is 43.9 Å². The van der Waals surface area contributed by atoms with E-state index in [0.717, 1.165) is 32.6 Å². The summed E-state index contributed by atoms with van der Waals surface area (Å²) < 4.78 is 5.64. The summed E-state index contributed by atoms with van der Waals surface area (Å²) in [5.74, 6) is 0. The van der Waals surface area contributed by atoms with Gasteiger partial charge in [0.1, 0.15) is 0 Å². The minimum atomic E-state index is 0.171. The Labute approximate surface area is 123 Å². The second kappa shape index (κ2) is 7.21. The van der Waals surface area contributed by atoms with Crippen molar-refractivity contribution < 1.29 is 4.74 Å². The zero-order valence-corrected chi connectivity index (χ0v) is 13.0. The third-order valence-electron chi connectivity index (χ3n) is 4.40. The molecule has 0 spiro atoms. The van der Waals surface area contributed by atoms with Gasteiger partial charge in [0.15, 0.2) is 0 Å². The Kier molecular flexibility index (Phi) is 5.58. The van der Waals surface area contributed by atoms with Gasteiger partial charge in [-0.05, 0) is 25.3 Å². The first-order valence-corrected chi connectivity index (χ1v) is 7.83. The molecule has 0 bridgehead atoms. The fourth-order valence-corrected chi connectivity index (χ4v) is 3.06. The van der Waals surface area contributed by atoms with Gasteiger partial charge in [-0.2, -0.15) is 0 Å². The van der Waals surface area contributed by atoms with Crippen LogP contribution < -0.4 is 5.73 Å². The van der Waals surface area contributed by atoms with E-state index < -0.39 is 0 Å². The lowest BCUT2D eigenvalue weighted by Crippen LogP contribution is -2.51. The molecule has 0 aliphatic carbocycles. The zero-order valence-electron chi connectivity index (χ0n) is 13.0. The first-order chi connectivity index (χ1) is 9.67. The molecule has 1 aromatic carbocycles. The van der Waals surface area contributed by atoms with Crippen molar-refractivity contribution in [1.82, 2.24) is 4.90 Å². The van der Waals surface area contributed by atoms with E-state index >= 15 is 0 Å². The average Bonchev–Trinajstić information content (AvgIpc) is 2.49. The highest BCUT2D eigenvalue weighted by Gasteiger charge is 2.32. The van der Waals surface area contributed by atoms with Gasteiger partial charge in [-0.25, -0.2) is 0 Å². The van der Waals surface area contributed by atoms with Crippen molar-refractivity contribution >= 4 is 0 Å². The molecule has 1 aliphatic rings. The number of hydrogen-bond donors (Lipinski definition) is 1. The lowest BCUT2D eigenvalue weighted by atomic mass is 9.93. The quantitative estimate of drug-likeness (QED) is 0.898. The van der Waals surface area contributed by atoms with Crippen LogP contribution in [0.15, 0.2) is 24.3 Å². The molecule has 2 rings (SSSR count). The Balaban J connectivity index is 2.28. The Bertz CT molecular complexity index is 404. The molecule has 1 saturated heterocycles. The Hall–Kier alpha value is -0.900. The second-order valence-electron chi connectivity index (χ2n) is 5.80. The first kappa shape index (κ1) is 15.5. The van der Waals surface area contributed by atoms with Gasteiger partial charge in [-0.15, -0.1) is 0 Å². The topological polar surface area (TPSA) is 38.5 Å². The fraction of sp³-hybridized carbons (Fsp3) is 0.647. The molecule has 1 fully saturated rings. The summed E-state index contributed by atoms with van der Waals surface area (Å²) in [6.45, 7) is 9.15. The summed E-state index contributed by atoms with van der Waals surface area (Å²) in [7, 11) is 0. The van der Waals surface area contributed by atoms with E-state index in [4.69, 9.17) is 10.5 Å². The summed E-state index contributed by atoms with van der Waals surface area (Å²) in [5, 5.41) is 0. The van der Waals surface area contributed by atoms with Gasteiger partial charge in [0.05, 0.1) is 19.3 Å². The van der Waals surface area contributed by atoms with E-state index in [2.05, 4.69) is 49.9 Å². The third-order valence-corrected chi connectivity index (χ3v) is 4.40. The molecule has 3 heteroatoms. The monoisotopic (exact) mass is 276 g/mol. The average molecular weight is 276 g/mol. The SMILES string of the molecule is CCC(N)C(c1ccc(C)cc1)N1CCOCC1CC. The molecule has 3 unspecified atom stereocenters. The molecular weight excluding hydrogens is 248 g/mol. The van der Waals surface area contributed by atoms with Gasteiger partial charge < -0.3 is 10.5 Å². The molecule has 112 valence electrons. The maximum Gasteiger partial charge on any atom is 0.0622 e. The van der Waals surface area contributed by atoms with Gasteiger partial charge in [0, 0.05) is 18.6 Å². The molecule has 20 heavy (non-hydrogen) atoms. The van der Waals surface area contributed by atoms with Crippen LogP contribution in [0, 0.1) is 6.92 Å². The van der Waals surface area contributed by atoms with Crippen LogP contribution in [0.5, 0.6) is 0 Å². The number of rotatable bonds is 5. The predicted octanol–water partition coefficient (Wildman–Crippen LogP) is 2.88. The highest BCUT2D eigenvalue weighted by Crippen LogP contribution is 2.29. The number of morpholine rings is 1. The fourth-order valence-electron chi connectivity index (χ4n) is 3.06. The van der Waals surface area contributed by atoms with Crippen LogP contribution in [0.2, 0.25) is 0 Å². The van der Waals surface area contributed by atoms with E-state index in [-0.39, 0.29) is 6.04 Å².